The van der Waals surface area contributed by atoms with Crippen LogP contribution in [0.25, 0.3) is 5.57 Å². The second kappa shape index (κ2) is 6.72. The number of benzene rings is 1. The van der Waals surface area contributed by atoms with Crippen molar-refractivity contribution in [2.75, 3.05) is 7.05 Å². The molecule has 2 saturated heterocycles. The zero-order valence-electron chi connectivity index (χ0n) is 14.5. The molecule has 0 N–H and O–H groups in total. The van der Waals surface area contributed by atoms with Crippen molar-refractivity contribution in [1.29, 1.82) is 0 Å². The van der Waals surface area contributed by atoms with E-state index < -0.39 is 0 Å². The normalized spacial score (nSPS) is 29.5. The lowest BCUT2D eigenvalue weighted by Gasteiger charge is -2.35. The molecule has 0 amide bonds. The van der Waals surface area contributed by atoms with E-state index in [4.69, 9.17) is 4.74 Å². The first-order valence-corrected chi connectivity index (χ1v) is 9.39. The summed E-state index contributed by atoms with van der Waals surface area (Å²) in [5.41, 5.74) is 3.77. The summed E-state index contributed by atoms with van der Waals surface area (Å²) in [6, 6.07) is 9.72. The number of piperidine rings is 1. The van der Waals surface area contributed by atoms with Gasteiger partial charge in [-0.1, -0.05) is 30.3 Å². The molecule has 0 aromatic heterocycles. The lowest BCUT2D eigenvalue weighted by atomic mass is 9.97. The molecule has 2 atom stereocenters. The van der Waals surface area contributed by atoms with Crippen LogP contribution < -0.4 is 0 Å². The molecule has 1 aromatic rings. The quantitative estimate of drug-likeness (QED) is 0.788. The zero-order valence-corrected chi connectivity index (χ0v) is 14.5. The van der Waals surface area contributed by atoms with Crippen molar-refractivity contribution in [3.05, 3.63) is 41.5 Å². The van der Waals surface area contributed by atoms with Crippen molar-refractivity contribution >= 4 is 11.5 Å². The van der Waals surface area contributed by atoms with Gasteiger partial charge in [0.25, 0.3) is 0 Å². The van der Waals surface area contributed by atoms with Crippen LogP contribution in [0.1, 0.15) is 56.1 Å². The first-order chi connectivity index (χ1) is 11.7. The Balaban J connectivity index is 1.41. The van der Waals surface area contributed by atoms with Crippen LogP contribution in [-0.2, 0) is 16.0 Å². The van der Waals surface area contributed by atoms with E-state index >= 15 is 0 Å². The third kappa shape index (κ3) is 3.14. The van der Waals surface area contributed by atoms with Gasteiger partial charge in [-0.2, -0.15) is 0 Å². The molecule has 0 saturated carbocycles. The van der Waals surface area contributed by atoms with E-state index in [-0.39, 0.29) is 12.1 Å². The van der Waals surface area contributed by atoms with Gasteiger partial charge >= 0.3 is 5.97 Å². The van der Waals surface area contributed by atoms with Gasteiger partial charge in [-0.05, 0) is 68.7 Å². The van der Waals surface area contributed by atoms with Gasteiger partial charge in [0.15, 0.2) is 0 Å². The topological polar surface area (TPSA) is 29.5 Å². The summed E-state index contributed by atoms with van der Waals surface area (Å²) < 4.78 is 5.87. The molecule has 0 spiro atoms. The van der Waals surface area contributed by atoms with Gasteiger partial charge in [-0.3, -0.25) is 4.79 Å². The number of nitrogens with zero attached hydrogens (tertiary/aromatic N) is 1. The van der Waals surface area contributed by atoms with Crippen molar-refractivity contribution in [2.24, 2.45) is 0 Å². The molecule has 2 unspecified atom stereocenters. The highest BCUT2D eigenvalue weighted by molar-refractivity contribution is 5.86. The summed E-state index contributed by atoms with van der Waals surface area (Å²) in [7, 11) is 2.22. The van der Waals surface area contributed by atoms with Gasteiger partial charge in [0, 0.05) is 12.1 Å². The number of hydrogen-bond donors (Lipinski definition) is 0. The van der Waals surface area contributed by atoms with Gasteiger partial charge in [0.2, 0.25) is 0 Å². The van der Waals surface area contributed by atoms with E-state index in [9.17, 15) is 4.79 Å². The van der Waals surface area contributed by atoms with Crippen LogP contribution in [0.4, 0.5) is 0 Å². The van der Waals surface area contributed by atoms with Crippen molar-refractivity contribution in [2.45, 2.75) is 69.6 Å². The Kier molecular flexibility index (Phi) is 4.45. The minimum absolute atomic E-state index is 0.0492. The Morgan fingerprint density at radius 3 is 2.75 bits per heavy atom. The summed E-state index contributed by atoms with van der Waals surface area (Å²) in [5, 5.41) is 0. The summed E-state index contributed by atoms with van der Waals surface area (Å²) >= 11 is 0. The lowest BCUT2D eigenvalue weighted by Crippen LogP contribution is -2.43. The van der Waals surface area contributed by atoms with E-state index in [1.54, 1.807) is 0 Å². The summed E-state index contributed by atoms with van der Waals surface area (Å²) in [4.78, 5) is 15.0. The SMILES string of the molecule is CN1C2CCC1CC(OC(=O)CC1=CCCCc3ccccc31)C2. The number of carbonyl (C=O) groups excluding carboxylic acids is 1. The largest absolute Gasteiger partial charge is 0.462 e. The van der Waals surface area contributed by atoms with Crippen molar-refractivity contribution in [3.63, 3.8) is 0 Å². The molecule has 3 aliphatic rings. The number of fused-ring (bicyclic) bond motifs is 3. The second-order valence-corrected chi connectivity index (χ2v) is 7.59. The average molecular weight is 325 g/mol. The fourth-order valence-electron chi connectivity index (χ4n) is 4.74. The molecule has 24 heavy (non-hydrogen) atoms. The maximum absolute atomic E-state index is 12.5. The fourth-order valence-corrected chi connectivity index (χ4v) is 4.74. The average Bonchev–Trinajstić information content (AvgIpc) is 2.77. The summed E-state index contributed by atoms with van der Waals surface area (Å²) in [5.74, 6) is -0.0492. The molecule has 0 radical (unpaired) electrons. The molecule has 1 aromatic carbocycles. The maximum atomic E-state index is 12.5. The molecule has 3 heteroatoms. The van der Waals surface area contributed by atoms with Gasteiger partial charge in [-0.25, -0.2) is 0 Å². The fraction of sp³-hybridized carbons (Fsp3) is 0.571. The summed E-state index contributed by atoms with van der Waals surface area (Å²) in [6.45, 7) is 0. The Morgan fingerprint density at radius 2 is 1.96 bits per heavy atom. The van der Waals surface area contributed by atoms with Gasteiger partial charge in [-0.15, -0.1) is 0 Å². The highest BCUT2D eigenvalue weighted by Crippen LogP contribution is 2.36. The van der Waals surface area contributed by atoms with Crippen LogP contribution in [0.5, 0.6) is 0 Å². The highest BCUT2D eigenvalue weighted by atomic mass is 16.5. The molecule has 4 rings (SSSR count). The smallest absolute Gasteiger partial charge is 0.310 e. The zero-order chi connectivity index (χ0) is 16.5. The number of aryl methyl sites for hydroxylation is 1. The van der Waals surface area contributed by atoms with Crippen LogP contribution >= 0.6 is 0 Å². The van der Waals surface area contributed by atoms with Crippen LogP contribution in [0.2, 0.25) is 0 Å². The van der Waals surface area contributed by atoms with Crippen molar-refractivity contribution < 1.29 is 9.53 Å². The summed E-state index contributed by atoms with van der Waals surface area (Å²) in [6.07, 6.45) is 10.6. The van der Waals surface area contributed by atoms with Gasteiger partial charge in [0.1, 0.15) is 6.10 Å². The monoisotopic (exact) mass is 325 g/mol. The minimum atomic E-state index is -0.0492. The minimum Gasteiger partial charge on any atom is -0.462 e. The van der Waals surface area contributed by atoms with E-state index in [2.05, 4.69) is 42.3 Å². The molecule has 1 aliphatic carbocycles. The van der Waals surface area contributed by atoms with Gasteiger partial charge in [0.05, 0.1) is 6.42 Å². The number of hydrogen-bond acceptors (Lipinski definition) is 3. The molecule has 2 bridgehead atoms. The van der Waals surface area contributed by atoms with Gasteiger partial charge < -0.3 is 9.64 Å². The predicted molar refractivity (Wildman–Crippen MR) is 95.7 cm³/mol. The number of carbonyl (C=O) groups is 1. The van der Waals surface area contributed by atoms with Crippen LogP contribution in [0.15, 0.2) is 30.3 Å². The molecule has 2 fully saturated rings. The predicted octanol–water partition coefficient (Wildman–Crippen LogP) is 3.96. The van der Waals surface area contributed by atoms with Crippen molar-refractivity contribution in [3.8, 4) is 0 Å². The first kappa shape index (κ1) is 15.9. The molecule has 3 nitrogen and oxygen atoms in total. The van der Waals surface area contributed by atoms with E-state index in [0.717, 1.165) is 37.7 Å². The molecular weight excluding hydrogens is 298 g/mol. The maximum Gasteiger partial charge on any atom is 0.310 e. The number of rotatable bonds is 3. The number of ether oxygens (including phenoxy) is 1. The second-order valence-electron chi connectivity index (χ2n) is 7.59. The Morgan fingerprint density at radius 1 is 1.21 bits per heavy atom. The Hall–Kier alpha value is -1.61. The third-order valence-electron chi connectivity index (χ3n) is 6.09. The van der Waals surface area contributed by atoms with Crippen LogP contribution in [0, 0.1) is 0 Å². The molecular formula is C21H27NO2. The van der Waals surface area contributed by atoms with Crippen molar-refractivity contribution in [1.82, 2.24) is 4.90 Å². The highest BCUT2D eigenvalue weighted by Gasteiger charge is 2.39. The Bertz CT molecular complexity index is 637. The molecule has 2 aliphatic heterocycles. The van der Waals surface area contributed by atoms with E-state index in [1.165, 1.54) is 24.0 Å². The Labute approximate surface area is 144 Å². The third-order valence-corrected chi connectivity index (χ3v) is 6.09. The van der Waals surface area contributed by atoms with Crippen LogP contribution in [0.3, 0.4) is 0 Å². The number of allylic oxidation sites excluding steroid dienone is 1. The number of esters is 1. The molecule has 2 heterocycles. The first-order valence-electron chi connectivity index (χ1n) is 9.39. The molecule has 128 valence electrons. The standard InChI is InChI=1S/C21H27NO2/c1-22-17-10-11-18(22)14-19(13-17)24-21(23)12-16-8-3-2-6-15-7-4-5-9-20(15)16/h4-5,7-9,17-19H,2-3,6,10-14H2,1H3. The van der Waals surface area contributed by atoms with E-state index in [1.807, 2.05) is 0 Å². The lowest BCUT2D eigenvalue weighted by molar-refractivity contribution is -0.151. The van der Waals surface area contributed by atoms with E-state index in [0.29, 0.717) is 18.5 Å². The van der Waals surface area contributed by atoms with Crippen LogP contribution in [-0.4, -0.2) is 36.1 Å².